The number of aromatic nitrogens is 1. The van der Waals surface area contributed by atoms with Gasteiger partial charge in [0.05, 0.1) is 19.6 Å². The molecule has 1 fully saturated rings. The van der Waals surface area contributed by atoms with Crippen molar-refractivity contribution in [2.45, 2.75) is 26.2 Å². The third-order valence-corrected chi connectivity index (χ3v) is 3.47. The van der Waals surface area contributed by atoms with E-state index in [0.717, 1.165) is 37.4 Å². The molecule has 1 atom stereocenters. The number of methoxy groups -OCH3 is 1. The van der Waals surface area contributed by atoms with Gasteiger partial charge in [0.1, 0.15) is 0 Å². The van der Waals surface area contributed by atoms with Gasteiger partial charge in [0.25, 0.3) is 0 Å². The van der Waals surface area contributed by atoms with Crippen LogP contribution in [0.2, 0.25) is 0 Å². The molecule has 5 nitrogen and oxygen atoms in total. The van der Waals surface area contributed by atoms with Crippen LogP contribution < -0.4 is 9.64 Å². The molecule has 5 heteroatoms. The summed E-state index contributed by atoms with van der Waals surface area (Å²) in [6.45, 7) is 4.29. The van der Waals surface area contributed by atoms with Crippen molar-refractivity contribution in [3.8, 4) is 5.75 Å². The molecule has 2 rings (SSSR count). The Hall–Kier alpha value is -1.78. The van der Waals surface area contributed by atoms with Crippen molar-refractivity contribution in [1.29, 1.82) is 0 Å². The molecule has 0 spiro atoms. The van der Waals surface area contributed by atoms with E-state index in [1.807, 2.05) is 12.1 Å². The van der Waals surface area contributed by atoms with Crippen LogP contribution >= 0.6 is 0 Å². The average molecular weight is 278 g/mol. The summed E-state index contributed by atoms with van der Waals surface area (Å²) in [5.74, 6) is 1.41. The molecule has 20 heavy (non-hydrogen) atoms. The largest absolute Gasteiger partial charge is 0.490 e. The van der Waals surface area contributed by atoms with E-state index in [1.165, 1.54) is 7.11 Å². The first kappa shape index (κ1) is 14.6. The smallest absolute Gasteiger partial charge is 0.310 e. The Morgan fingerprint density at radius 2 is 2.40 bits per heavy atom. The summed E-state index contributed by atoms with van der Waals surface area (Å²) in [7, 11) is 1.44. The van der Waals surface area contributed by atoms with Crippen LogP contribution in [0, 0.1) is 5.92 Å². The predicted molar refractivity (Wildman–Crippen MR) is 77.0 cm³/mol. The maximum Gasteiger partial charge on any atom is 0.310 e. The lowest BCUT2D eigenvalue weighted by Gasteiger charge is -2.32. The molecular weight excluding hydrogens is 256 g/mol. The van der Waals surface area contributed by atoms with Gasteiger partial charge < -0.3 is 14.4 Å². The van der Waals surface area contributed by atoms with Crippen molar-refractivity contribution in [1.82, 2.24) is 4.98 Å². The van der Waals surface area contributed by atoms with Crippen LogP contribution in [0.15, 0.2) is 18.3 Å². The molecule has 0 aromatic carbocycles. The van der Waals surface area contributed by atoms with E-state index >= 15 is 0 Å². The summed E-state index contributed by atoms with van der Waals surface area (Å²) in [5.41, 5.74) is 0. The summed E-state index contributed by atoms with van der Waals surface area (Å²) in [4.78, 5) is 18.2. The predicted octanol–water partition coefficient (Wildman–Crippen LogP) is 2.26. The first-order chi connectivity index (χ1) is 9.76. The molecule has 0 bridgehead atoms. The van der Waals surface area contributed by atoms with Crippen molar-refractivity contribution < 1.29 is 14.3 Å². The highest BCUT2D eigenvalue weighted by atomic mass is 16.5. The van der Waals surface area contributed by atoms with Gasteiger partial charge >= 0.3 is 5.97 Å². The summed E-state index contributed by atoms with van der Waals surface area (Å²) in [6, 6.07) is 3.80. The van der Waals surface area contributed by atoms with Gasteiger partial charge in [0.2, 0.25) is 0 Å². The van der Waals surface area contributed by atoms with E-state index < -0.39 is 0 Å². The van der Waals surface area contributed by atoms with Gasteiger partial charge in [-0.2, -0.15) is 0 Å². The maximum absolute atomic E-state index is 11.7. The second-order valence-electron chi connectivity index (χ2n) is 4.98. The molecule has 0 saturated carbocycles. The summed E-state index contributed by atoms with van der Waals surface area (Å²) < 4.78 is 10.6. The fraction of sp³-hybridized carbons (Fsp3) is 0.600. The van der Waals surface area contributed by atoms with Crippen molar-refractivity contribution in [3.05, 3.63) is 18.3 Å². The third-order valence-electron chi connectivity index (χ3n) is 3.47. The van der Waals surface area contributed by atoms with Crippen LogP contribution in [-0.4, -0.2) is 37.8 Å². The third kappa shape index (κ3) is 3.40. The van der Waals surface area contributed by atoms with Crippen LogP contribution in [0.1, 0.15) is 26.2 Å². The number of piperidine rings is 1. The fourth-order valence-corrected chi connectivity index (χ4v) is 2.47. The zero-order valence-corrected chi connectivity index (χ0v) is 12.2. The van der Waals surface area contributed by atoms with Crippen LogP contribution in [-0.2, 0) is 9.53 Å². The lowest BCUT2D eigenvalue weighted by Crippen LogP contribution is -2.39. The summed E-state index contributed by atoms with van der Waals surface area (Å²) >= 11 is 0. The van der Waals surface area contributed by atoms with Crippen LogP contribution in [0.3, 0.4) is 0 Å². The molecule has 1 unspecified atom stereocenters. The number of hydrogen-bond acceptors (Lipinski definition) is 5. The van der Waals surface area contributed by atoms with Gasteiger partial charge in [-0.1, -0.05) is 6.92 Å². The van der Waals surface area contributed by atoms with Crippen molar-refractivity contribution in [3.63, 3.8) is 0 Å². The second kappa shape index (κ2) is 7.12. The van der Waals surface area contributed by atoms with Crippen LogP contribution in [0.25, 0.3) is 0 Å². The molecule has 1 aliphatic heterocycles. The monoisotopic (exact) mass is 278 g/mol. The molecule has 2 heterocycles. The Balaban J connectivity index is 2.12. The topological polar surface area (TPSA) is 51.7 Å². The molecule has 0 radical (unpaired) electrons. The number of rotatable bonds is 5. The first-order valence-corrected chi connectivity index (χ1v) is 7.16. The summed E-state index contributed by atoms with van der Waals surface area (Å²) in [6.07, 6.45) is 4.56. The van der Waals surface area contributed by atoms with E-state index in [9.17, 15) is 4.79 Å². The Kier molecular flexibility index (Phi) is 5.21. The highest BCUT2D eigenvalue weighted by Gasteiger charge is 2.28. The zero-order chi connectivity index (χ0) is 14.4. The maximum atomic E-state index is 11.7. The second-order valence-corrected chi connectivity index (χ2v) is 4.98. The molecular formula is C15H22N2O3. The minimum absolute atomic E-state index is 0.0743. The molecule has 1 aromatic heterocycles. The summed E-state index contributed by atoms with van der Waals surface area (Å²) in [5, 5.41) is 0. The lowest BCUT2D eigenvalue weighted by molar-refractivity contribution is -0.145. The number of carbonyl (C=O) groups excluding carboxylic acids is 1. The van der Waals surface area contributed by atoms with Crippen LogP contribution in [0.4, 0.5) is 5.82 Å². The number of carbonyl (C=O) groups is 1. The Bertz CT molecular complexity index is 450. The van der Waals surface area contributed by atoms with Crippen LogP contribution in [0.5, 0.6) is 5.75 Å². The quantitative estimate of drug-likeness (QED) is 0.773. The molecule has 0 aliphatic carbocycles. The number of ether oxygens (including phenoxy) is 2. The van der Waals surface area contributed by atoms with Gasteiger partial charge in [0, 0.05) is 19.3 Å². The van der Waals surface area contributed by atoms with Crippen molar-refractivity contribution in [2.24, 2.45) is 5.92 Å². The SMILES string of the molecule is CCCOc1cccnc1N1CCCC(C(=O)OC)C1. The van der Waals surface area contributed by atoms with Gasteiger partial charge in [-0.15, -0.1) is 0 Å². The normalized spacial score (nSPS) is 18.7. The molecule has 1 saturated heterocycles. The molecule has 110 valence electrons. The molecule has 0 N–H and O–H groups in total. The Morgan fingerprint density at radius 3 is 3.15 bits per heavy atom. The van der Waals surface area contributed by atoms with Gasteiger partial charge in [-0.3, -0.25) is 4.79 Å². The molecule has 1 aliphatic rings. The van der Waals surface area contributed by atoms with Gasteiger partial charge in [-0.05, 0) is 31.4 Å². The standard InChI is InChI=1S/C15H22N2O3/c1-3-10-20-13-7-4-8-16-14(13)17-9-5-6-12(11-17)15(18)19-2/h4,7-8,12H,3,5-6,9-11H2,1-2H3. The number of anilines is 1. The van der Waals surface area contributed by atoms with Gasteiger partial charge in [-0.25, -0.2) is 4.98 Å². The fourth-order valence-electron chi connectivity index (χ4n) is 2.47. The Labute approximate surface area is 119 Å². The van der Waals surface area contributed by atoms with E-state index in [4.69, 9.17) is 9.47 Å². The van der Waals surface area contributed by atoms with E-state index in [2.05, 4.69) is 16.8 Å². The highest BCUT2D eigenvalue weighted by Crippen LogP contribution is 2.29. The Morgan fingerprint density at radius 1 is 1.55 bits per heavy atom. The first-order valence-electron chi connectivity index (χ1n) is 7.16. The van der Waals surface area contributed by atoms with E-state index in [-0.39, 0.29) is 11.9 Å². The number of pyridine rings is 1. The molecule has 1 aromatic rings. The van der Waals surface area contributed by atoms with E-state index in [0.29, 0.717) is 13.2 Å². The number of hydrogen-bond donors (Lipinski definition) is 0. The number of esters is 1. The minimum Gasteiger partial charge on any atom is -0.490 e. The van der Waals surface area contributed by atoms with Crippen molar-refractivity contribution in [2.75, 3.05) is 31.7 Å². The lowest BCUT2D eigenvalue weighted by atomic mass is 9.98. The van der Waals surface area contributed by atoms with E-state index in [1.54, 1.807) is 6.20 Å². The minimum atomic E-state index is -0.137. The molecule has 0 amide bonds. The highest BCUT2D eigenvalue weighted by molar-refractivity contribution is 5.73. The number of nitrogens with zero attached hydrogens (tertiary/aromatic N) is 2. The average Bonchev–Trinajstić information content (AvgIpc) is 2.52. The van der Waals surface area contributed by atoms with Crippen molar-refractivity contribution >= 4 is 11.8 Å². The zero-order valence-electron chi connectivity index (χ0n) is 12.2. The van der Waals surface area contributed by atoms with Gasteiger partial charge in [0.15, 0.2) is 11.6 Å².